The number of aromatic nitrogens is 1. The molecule has 3 nitrogen and oxygen atoms in total. The number of rotatable bonds is 2. The Morgan fingerprint density at radius 1 is 1.36 bits per heavy atom. The van der Waals surface area contributed by atoms with Gasteiger partial charge in [0.15, 0.2) is 0 Å². The van der Waals surface area contributed by atoms with Gasteiger partial charge in [-0.05, 0) is 11.6 Å². The topological polar surface area (TPSA) is 53.1 Å². The molecule has 1 heterocycles. The second kappa shape index (κ2) is 4.46. The van der Waals surface area contributed by atoms with Crippen molar-refractivity contribution in [3.63, 3.8) is 0 Å². The second-order valence-electron chi connectivity index (χ2n) is 2.93. The first-order valence-corrected chi connectivity index (χ1v) is 4.04. The van der Waals surface area contributed by atoms with Crippen LogP contribution < -0.4 is 0 Å². The molecule has 1 radical (unpaired) electrons. The summed E-state index contributed by atoms with van der Waals surface area (Å²) in [6.07, 6.45) is 1.82. The summed E-state index contributed by atoms with van der Waals surface area (Å²) in [5.41, 5.74) is 1.82. The van der Waals surface area contributed by atoms with Crippen LogP contribution >= 0.6 is 0 Å². The number of nitrogens with one attached hydrogen (secondary N) is 1. The Bertz CT molecular complexity index is 450. The molecule has 0 aliphatic carbocycles. The average molecular weight is 283 g/mol. The van der Waals surface area contributed by atoms with Crippen LogP contribution in [0.15, 0.2) is 30.5 Å². The summed E-state index contributed by atoms with van der Waals surface area (Å²) in [4.78, 5) is 13.5. The maximum Gasteiger partial charge on any atom is 0.307 e. The third kappa shape index (κ3) is 2.07. The van der Waals surface area contributed by atoms with Crippen molar-refractivity contribution in [3.8, 4) is 0 Å². The predicted molar refractivity (Wildman–Crippen MR) is 49.6 cm³/mol. The fourth-order valence-electron chi connectivity index (χ4n) is 1.44. The second-order valence-corrected chi connectivity index (χ2v) is 2.93. The van der Waals surface area contributed by atoms with Crippen LogP contribution in [0.5, 0.6) is 0 Å². The Balaban J connectivity index is 0.000000980. The standard InChI is InChI=1S/C10H9NO2.Ag/c12-10(13)5-7-6-11-9-4-2-1-3-8(7)9;/h1-4,6,11H,5H2,(H,12,13);. The molecule has 1 aromatic carbocycles. The van der Waals surface area contributed by atoms with Crippen LogP contribution in [0, 0.1) is 0 Å². The first kappa shape index (κ1) is 11.0. The van der Waals surface area contributed by atoms with Crippen molar-refractivity contribution in [2.75, 3.05) is 0 Å². The van der Waals surface area contributed by atoms with Crippen molar-refractivity contribution >= 4 is 16.9 Å². The van der Waals surface area contributed by atoms with E-state index in [1.165, 1.54) is 0 Å². The molecule has 1 aromatic heterocycles. The summed E-state index contributed by atoms with van der Waals surface area (Å²) in [6.45, 7) is 0. The number of benzene rings is 1. The smallest absolute Gasteiger partial charge is 0.307 e. The zero-order valence-electron chi connectivity index (χ0n) is 7.25. The van der Waals surface area contributed by atoms with E-state index in [1.54, 1.807) is 6.20 Å². The third-order valence-corrected chi connectivity index (χ3v) is 2.02. The van der Waals surface area contributed by atoms with Crippen molar-refractivity contribution in [1.82, 2.24) is 4.98 Å². The Hall–Kier alpha value is -1.03. The number of aromatic amines is 1. The third-order valence-electron chi connectivity index (χ3n) is 2.02. The number of hydrogen-bond donors (Lipinski definition) is 2. The summed E-state index contributed by atoms with van der Waals surface area (Å²) in [5, 5.41) is 9.62. The molecule has 0 unspecified atom stereocenters. The average Bonchev–Trinajstić information content (AvgIpc) is 2.48. The molecule has 0 atom stereocenters. The summed E-state index contributed by atoms with van der Waals surface area (Å²) in [7, 11) is 0. The zero-order chi connectivity index (χ0) is 9.26. The number of hydrogen-bond acceptors (Lipinski definition) is 1. The van der Waals surface area contributed by atoms with Crippen LogP contribution in [-0.4, -0.2) is 16.1 Å². The van der Waals surface area contributed by atoms with Gasteiger partial charge >= 0.3 is 5.97 Å². The van der Waals surface area contributed by atoms with E-state index in [1.807, 2.05) is 24.3 Å². The molecule has 0 aliphatic heterocycles. The van der Waals surface area contributed by atoms with E-state index in [4.69, 9.17) is 5.11 Å². The normalized spacial score (nSPS) is 9.71. The first-order valence-electron chi connectivity index (χ1n) is 4.04. The van der Waals surface area contributed by atoms with E-state index in [-0.39, 0.29) is 28.8 Å². The maximum atomic E-state index is 10.5. The molecular weight excluding hydrogens is 274 g/mol. The van der Waals surface area contributed by atoms with E-state index < -0.39 is 5.97 Å². The Morgan fingerprint density at radius 3 is 2.79 bits per heavy atom. The number of carboxylic acids is 1. The maximum absolute atomic E-state index is 10.5. The van der Waals surface area contributed by atoms with Gasteiger partial charge in [0.2, 0.25) is 0 Å². The van der Waals surface area contributed by atoms with Gasteiger partial charge in [-0.2, -0.15) is 0 Å². The number of fused-ring (bicyclic) bond motifs is 1. The van der Waals surface area contributed by atoms with Gasteiger partial charge in [0.25, 0.3) is 0 Å². The summed E-state index contributed by atoms with van der Waals surface area (Å²) < 4.78 is 0. The van der Waals surface area contributed by atoms with E-state index in [0.29, 0.717) is 0 Å². The van der Waals surface area contributed by atoms with Crippen molar-refractivity contribution in [1.29, 1.82) is 0 Å². The summed E-state index contributed by atoms with van der Waals surface area (Å²) in [5.74, 6) is -0.801. The molecular formula is C10H9AgNO2. The van der Waals surface area contributed by atoms with Crippen LogP contribution in [0.1, 0.15) is 5.56 Å². The fourth-order valence-corrected chi connectivity index (χ4v) is 1.44. The zero-order valence-corrected chi connectivity index (χ0v) is 8.73. The van der Waals surface area contributed by atoms with Crippen molar-refractivity contribution < 1.29 is 32.3 Å². The van der Waals surface area contributed by atoms with Crippen LogP contribution in [0.25, 0.3) is 10.9 Å². The monoisotopic (exact) mass is 282 g/mol. The molecule has 2 N–H and O–H groups in total. The largest absolute Gasteiger partial charge is 0.481 e. The van der Waals surface area contributed by atoms with Crippen molar-refractivity contribution in [2.45, 2.75) is 6.42 Å². The van der Waals surface area contributed by atoms with Crippen LogP contribution in [0.2, 0.25) is 0 Å². The van der Waals surface area contributed by atoms with Crippen LogP contribution in [0.3, 0.4) is 0 Å². The molecule has 0 saturated heterocycles. The minimum Gasteiger partial charge on any atom is -0.481 e. The van der Waals surface area contributed by atoms with Crippen LogP contribution in [-0.2, 0) is 33.6 Å². The summed E-state index contributed by atoms with van der Waals surface area (Å²) in [6, 6.07) is 7.68. The predicted octanol–water partition coefficient (Wildman–Crippen LogP) is 1.79. The van der Waals surface area contributed by atoms with E-state index in [0.717, 1.165) is 16.5 Å². The van der Waals surface area contributed by atoms with Crippen LogP contribution in [0.4, 0.5) is 0 Å². The van der Waals surface area contributed by atoms with Gasteiger partial charge in [-0.1, -0.05) is 18.2 Å². The Morgan fingerprint density at radius 2 is 2.07 bits per heavy atom. The molecule has 0 aliphatic rings. The van der Waals surface area contributed by atoms with Gasteiger partial charge in [0, 0.05) is 39.5 Å². The molecule has 2 aromatic rings. The number of H-pyrrole nitrogens is 1. The van der Waals surface area contributed by atoms with Gasteiger partial charge in [-0.25, -0.2) is 0 Å². The first-order chi connectivity index (χ1) is 6.27. The molecule has 2 rings (SSSR count). The van der Waals surface area contributed by atoms with Gasteiger partial charge in [-0.15, -0.1) is 0 Å². The number of carboxylic acid groups (broad SMARTS) is 1. The van der Waals surface area contributed by atoms with E-state index >= 15 is 0 Å². The number of carbonyl (C=O) groups is 1. The van der Waals surface area contributed by atoms with Gasteiger partial charge in [0.1, 0.15) is 0 Å². The van der Waals surface area contributed by atoms with Gasteiger partial charge in [0.05, 0.1) is 6.42 Å². The molecule has 0 saturated carbocycles. The molecule has 4 heteroatoms. The molecule has 0 fully saturated rings. The quantitative estimate of drug-likeness (QED) is 0.826. The van der Waals surface area contributed by atoms with Gasteiger partial charge in [-0.3, -0.25) is 4.79 Å². The molecule has 0 amide bonds. The van der Waals surface area contributed by atoms with E-state index in [9.17, 15) is 4.79 Å². The molecule has 0 spiro atoms. The summed E-state index contributed by atoms with van der Waals surface area (Å²) >= 11 is 0. The Kier molecular flexibility index (Phi) is 3.52. The number of para-hydroxylation sites is 1. The van der Waals surface area contributed by atoms with Crippen molar-refractivity contribution in [2.24, 2.45) is 0 Å². The Labute approximate surface area is 96.6 Å². The van der Waals surface area contributed by atoms with Crippen molar-refractivity contribution in [3.05, 3.63) is 36.0 Å². The number of aliphatic carboxylic acids is 1. The van der Waals surface area contributed by atoms with Gasteiger partial charge < -0.3 is 10.1 Å². The minimum atomic E-state index is -0.801. The molecule has 0 bridgehead atoms. The van der Waals surface area contributed by atoms with E-state index in [2.05, 4.69) is 4.98 Å². The molecule has 14 heavy (non-hydrogen) atoms. The fraction of sp³-hybridized carbons (Fsp3) is 0.100. The SMILES string of the molecule is O=C(O)Cc1c[nH]c2ccccc12.[Ag]. The minimum absolute atomic E-state index is 0. The molecule has 77 valence electrons.